The molecule has 5 rings (SSSR count). The van der Waals surface area contributed by atoms with Crippen molar-refractivity contribution in [3.05, 3.63) is 36.2 Å². The third-order valence-corrected chi connectivity index (χ3v) is 6.59. The molecule has 1 aliphatic heterocycles. The van der Waals surface area contributed by atoms with Crippen LogP contribution in [0.25, 0.3) is 11.2 Å². The van der Waals surface area contributed by atoms with Crippen LogP contribution in [0.2, 0.25) is 0 Å². The van der Waals surface area contributed by atoms with Crippen LogP contribution < -0.4 is 10.2 Å². The van der Waals surface area contributed by atoms with Crippen LogP contribution in [0.15, 0.2) is 30.6 Å². The highest BCUT2D eigenvalue weighted by molar-refractivity contribution is 7.00. The van der Waals surface area contributed by atoms with E-state index in [0.29, 0.717) is 23.4 Å². The van der Waals surface area contributed by atoms with Gasteiger partial charge >= 0.3 is 0 Å². The molecule has 2 atom stereocenters. The minimum absolute atomic E-state index is 0.0325. The quantitative estimate of drug-likeness (QED) is 0.706. The first-order valence-electron chi connectivity index (χ1n) is 9.83. The van der Waals surface area contributed by atoms with Crippen molar-refractivity contribution in [1.82, 2.24) is 18.7 Å². The molecule has 1 saturated heterocycles. The number of alkyl halides is 1. The second kappa shape index (κ2) is 6.98. The number of piperidine rings is 1. The largest absolute Gasteiger partial charge is 0.370 e. The van der Waals surface area contributed by atoms with Gasteiger partial charge in [-0.2, -0.15) is 8.75 Å². The number of rotatable bonds is 4. The number of hydrogen-bond donors (Lipinski definition) is 1. The SMILES string of the molecule is CC1CC1(F)c1ccc(NC(=O)C2CCN(c3ccnc4nsnc34)CC2)nc1. The van der Waals surface area contributed by atoms with Crippen LogP contribution in [-0.4, -0.2) is 37.7 Å². The molecule has 29 heavy (non-hydrogen) atoms. The van der Waals surface area contributed by atoms with Crippen LogP contribution >= 0.6 is 11.7 Å². The van der Waals surface area contributed by atoms with Crippen LogP contribution in [0.5, 0.6) is 0 Å². The molecule has 9 heteroatoms. The molecule has 7 nitrogen and oxygen atoms in total. The fourth-order valence-electron chi connectivity index (χ4n) is 4.06. The predicted molar refractivity (Wildman–Crippen MR) is 110 cm³/mol. The molecule has 2 fully saturated rings. The Morgan fingerprint density at radius 3 is 2.72 bits per heavy atom. The number of hydrogen-bond acceptors (Lipinski definition) is 7. The van der Waals surface area contributed by atoms with Crippen LogP contribution in [0.4, 0.5) is 15.9 Å². The van der Waals surface area contributed by atoms with Gasteiger partial charge in [0.25, 0.3) is 0 Å². The fraction of sp³-hybridized carbons (Fsp3) is 0.450. The van der Waals surface area contributed by atoms with Crippen molar-refractivity contribution in [2.24, 2.45) is 11.8 Å². The van der Waals surface area contributed by atoms with Crippen molar-refractivity contribution in [3.8, 4) is 0 Å². The molecule has 150 valence electrons. The third-order valence-electron chi connectivity index (χ3n) is 6.07. The number of amides is 1. The number of anilines is 2. The Kier molecular flexibility index (Phi) is 4.42. The Labute approximate surface area is 171 Å². The third kappa shape index (κ3) is 3.33. The van der Waals surface area contributed by atoms with Gasteiger partial charge in [0, 0.05) is 37.0 Å². The molecule has 0 aromatic carbocycles. The predicted octanol–water partition coefficient (Wildman–Crippen LogP) is 3.54. The molecule has 4 heterocycles. The first-order valence-corrected chi connectivity index (χ1v) is 10.6. The summed E-state index contributed by atoms with van der Waals surface area (Å²) in [6.07, 6.45) is 5.32. The molecule has 1 saturated carbocycles. The summed E-state index contributed by atoms with van der Waals surface area (Å²) >= 11 is 1.16. The molecule has 3 aromatic heterocycles. The second-order valence-corrected chi connectivity index (χ2v) is 8.45. The lowest BCUT2D eigenvalue weighted by molar-refractivity contribution is -0.120. The summed E-state index contributed by atoms with van der Waals surface area (Å²) in [4.78, 5) is 23.4. The van der Waals surface area contributed by atoms with E-state index in [2.05, 4.69) is 28.9 Å². The Bertz CT molecular complexity index is 1050. The zero-order chi connectivity index (χ0) is 20.0. The highest BCUT2D eigenvalue weighted by Gasteiger charge is 2.53. The summed E-state index contributed by atoms with van der Waals surface area (Å²) in [5, 5.41) is 2.88. The highest BCUT2D eigenvalue weighted by atomic mass is 32.1. The number of carbonyl (C=O) groups excluding carboxylic acids is 1. The zero-order valence-corrected chi connectivity index (χ0v) is 16.8. The summed E-state index contributed by atoms with van der Waals surface area (Å²) < 4.78 is 23.0. The van der Waals surface area contributed by atoms with E-state index in [0.717, 1.165) is 48.9 Å². The van der Waals surface area contributed by atoms with Crippen LogP contribution in [0, 0.1) is 11.8 Å². The summed E-state index contributed by atoms with van der Waals surface area (Å²) in [7, 11) is 0. The maximum Gasteiger partial charge on any atom is 0.228 e. The number of fused-ring (bicyclic) bond motifs is 1. The monoisotopic (exact) mass is 412 g/mol. The van der Waals surface area contributed by atoms with Gasteiger partial charge in [0.1, 0.15) is 17.0 Å². The summed E-state index contributed by atoms with van der Waals surface area (Å²) in [5.74, 6) is 0.406. The van der Waals surface area contributed by atoms with Gasteiger partial charge in [-0.1, -0.05) is 13.0 Å². The van der Waals surface area contributed by atoms with Crippen molar-refractivity contribution in [2.75, 3.05) is 23.3 Å². The lowest BCUT2D eigenvalue weighted by atomic mass is 9.95. The van der Waals surface area contributed by atoms with Crippen molar-refractivity contribution >= 4 is 40.3 Å². The molecule has 3 aromatic rings. The lowest BCUT2D eigenvalue weighted by Gasteiger charge is -2.32. The van der Waals surface area contributed by atoms with Gasteiger partial charge in [0.15, 0.2) is 5.65 Å². The molecule has 2 aliphatic rings. The van der Waals surface area contributed by atoms with Crippen LogP contribution in [-0.2, 0) is 10.5 Å². The number of halogens is 1. The number of aromatic nitrogens is 4. The second-order valence-electron chi connectivity index (χ2n) is 7.92. The van der Waals surface area contributed by atoms with Crippen molar-refractivity contribution in [2.45, 2.75) is 31.9 Å². The van der Waals surface area contributed by atoms with Gasteiger partial charge in [0.2, 0.25) is 5.91 Å². The van der Waals surface area contributed by atoms with Crippen molar-refractivity contribution < 1.29 is 9.18 Å². The smallest absolute Gasteiger partial charge is 0.228 e. The van der Waals surface area contributed by atoms with E-state index in [1.807, 2.05) is 13.0 Å². The average Bonchev–Trinajstić information content (AvgIpc) is 3.14. The molecule has 2 unspecified atom stereocenters. The first kappa shape index (κ1) is 18.4. The highest BCUT2D eigenvalue weighted by Crippen LogP contribution is 2.55. The standard InChI is InChI=1S/C20H21FN6OS/c1-12-10-20(12,21)14-2-3-16(23-11-14)24-19(28)13-5-8-27(9-6-13)15-4-7-22-18-17(15)25-29-26-18/h2-4,7,11-13H,5-6,8-10H2,1H3,(H,23,24,28). The maximum absolute atomic E-state index is 14.4. The summed E-state index contributed by atoms with van der Waals surface area (Å²) in [6, 6.07) is 5.37. The molecule has 0 bridgehead atoms. The van der Waals surface area contributed by atoms with Crippen molar-refractivity contribution in [3.63, 3.8) is 0 Å². The van der Waals surface area contributed by atoms with Crippen molar-refractivity contribution in [1.29, 1.82) is 0 Å². The van der Waals surface area contributed by atoms with Crippen LogP contribution in [0.3, 0.4) is 0 Å². The van der Waals surface area contributed by atoms with Crippen LogP contribution in [0.1, 0.15) is 31.7 Å². The molecule has 1 aliphatic carbocycles. The lowest BCUT2D eigenvalue weighted by Crippen LogP contribution is -2.38. The molecule has 1 amide bonds. The Balaban J connectivity index is 1.20. The van der Waals surface area contributed by atoms with E-state index in [4.69, 9.17) is 0 Å². The minimum atomic E-state index is -1.24. The summed E-state index contributed by atoms with van der Waals surface area (Å²) in [5.41, 5.74) is 1.86. The maximum atomic E-state index is 14.4. The van der Waals surface area contributed by atoms with Gasteiger partial charge in [0.05, 0.1) is 17.4 Å². The molecule has 0 radical (unpaired) electrons. The molecular weight excluding hydrogens is 391 g/mol. The van der Waals surface area contributed by atoms with Gasteiger partial charge in [-0.3, -0.25) is 4.79 Å². The Hall–Kier alpha value is -2.68. The first-order chi connectivity index (χ1) is 14.0. The topological polar surface area (TPSA) is 83.9 Å². The van der Waals surface area contributed by atoms with E-state index < -0.39 is 5.67 Å². The van der Waals surface area contributed by atoms with Gasteiger partial charge < -0.3 is 10.2 Å². The molecular formula is C20H21FN6OS. The zero-order valence-electron chi connectivity index (χ0n) is 16.0. The van der Waals surface area contributed by atoms with Gasteiger partial charge in [-0.15, -0.1) is 0 Å². The van der Waals surface area contributed by atoms with E-state index in [9.17, 15) is 9.18 Å². The normalized spacial score (nSPS) is 24.6. The van der Waals surface area contributed by atoms with E-state index in [1.54, 1.807) is 18.3 Å². The van der Waals surface area contributed by atoms with E-state index in [1.165, 1.54) is 6.20 Å². The average molecular weight is 412 g/mol. The number of pyridine rings is 2. The van der Waals surface area contributed by atoms with E-state index >= 15 is 0 Å². The molecule has 1 N–H and O–H groups in total. The fourth-order valence-corrected chi connectivity index (χ4v) is 4.56. The number of nitrogens with zero attached hydrogens (tertiary/aromatic N) is 5. The minimum Gasteiger partial charge on any atom is -0.370 e. The summed E-state index contributed by atoms with van der Waals surface area (Å²) in [6.45, 7) is 3.43. The Morgan fingerprint density at radius 2 is 2.03 bits per heavy atom. The van der Waals surface area contributed by atoms with E-state index in [-0.39, 0.29) is 17.7 Å². The number of nitrogens with one attached hydrogen (secondary N) is 1. The molecule has 0 spiro atoms. The van der Waals surface area contributed by atoms with Gasteiger partial charge in [-0.05, 0) is 37.3 Å². The number of carbonyl (C=O) groups is 1. The van der Waals surface area contributed by atoms with Gasteiger partial charge in [-0.25, -0.2) is 14.4 Å². The Morgan fingerprint density at radius 1 is 1.24 bits per heavy atom.